The lowest BCUT2D eigenvalue weighted by Crippen LogP contribution is -2.28. The first kappa shape index (κ1) is 17.8. The number of ether oxygens (including phenoxy) is 1. The topological polar surface area (TPSA) is 44.1 Å². The second-order valence-electron chi connectivity index (χ2n) is 6.79. The second-order valence-corrected chi connectivity index (χ2v) is 9.10. The van der Waals surface area contributed by atoms with Crippen LogP contribution in [0.25, 0.3) is 15.9 Å². The van der Waals surface area contributed by atoms with Crippen molar-refractivity contribution in [1.29, 1.82) is 0 Å². The average Bonchev–Trinajstić information content (AvgIpc) is 3.00. The van der Waals surface area contributed by atoms with E-state index in [9.17, 15) is 4.79 Å². The van der Waals surface area contributed by atoms with Crippen LogP contribution < -0.4 is 5.56 Å². The quantitative estimate of drug-likeness (QED) is 0.483. The van der Waals surface area contributed by atoms with Crippen LogP contribution in [0.1, 0.15) is 31.2 Å². The Balaban J connectivity index is 1.96. The van der Waals surface area contributed by atoms with Gasteiger partial charge in [0.05, 0.1) is 23.8 Å². The Labute approximate surface area is 161 Å². The number of aromatic nitrogens is 2. The van der Waals surface area contributed by atoms with E-state index in [-0.39, 0.29) is 11.7 Å². The Morgan fingerprint density at radius 2 is 2.12 bits per heavy atom. The normalized spacial score (nSPS) is 17.0. The lowest BCUT2D eigenvalue weighted by atomic mass is 9.96. The van der Waals surface area contributed by atoms with Crippen LogP contribution >= 0.6 is 23.1 Å². The third-order valence-corrected chi connectivity index (χ3v) is 6.66. The standard InChI is InChI=1S/C20H22N2O2S2/c1-4-25-20-21-18-17(19(23)22(20)13-8-6-5-7-9-13)14-10-15(12(2)3)24-11-16(14)26-18/h5-9,12,15H,4,10-11H2,1-3H3. The molecule has 0 radical (unpaired) electrons. The van der Waals surface area contributed by atoms with Crippen molar-refractivity contribution in [2.75, 3.05) is 5.75 Å². The van der Waals surface area contributed by atoms with Gasteiger partial charge in [-0.3, -0.25) is 9.36 Å². The van der Waals surface area contributed by atoms with E-state index < -0.39 is 0 Å². The maximum Gasteiger partial charge on any atom is 0.267 e. The van der Waals surface area contributed by atoms with E-state index in [1.165, 1.54) is 0 Å². The van der Waals surface area contributed by atoms with Gasteiger partial charge in [0.15, 0.2) is 5.16 Å². The fourth-order valence-corrected chi connectivity index (χ4v) is 5.27. The molecule has 1 aliphatic heterocycles. The Hall–Kier alpha value is -1.63. The van der Waals surface area contributed by atoms with Gasteiger partial charge < -0.3 is 4.74 Å². The molecule has 0 fully saturated rings. The Morgan fingerprint density at radius 1 is 1.35 bits per heavy atom. The number of hydrogen-bond donors (Lipinski definition) is 0. The summed E-state index contributed by atoms with van der Waals surface area (Å²) in [5.41, 5.74) is 2.06. The largest absolute Gasteiger partial charge is 0.372 e. The van der Waals surface area contributed by atoms with E-state index in [4.69, 9.17) is 9.72 Å². The van der Waals surface area contributed by atoms with Crippen LogP contribution in [-0.2, 0) is 17.8 Å². The zero-order valence-electron chi connectivity index (χ0n) is 15.2. The fourth-order valence-electron chi connectivity index (χ4n) is 3.37. The highest BCUT2D eigenvalue weighted by Crippen LogP contribution is 2.36. The predicted octanol–water partition coefficient (Wildman–Crippen LogP) is 4.66. The van der Waals surface area contributed by atoms with Crippen LogP contribution in [-0.4, -0.2) is 21.4 Å². The maximum absolute atomic E-state index is 13.5. The van der Waals surface area contributed by atoms with Crippen molar-refractivity contribution in [3.8, 4) is 5.69 Å². The summed E-state index contributed by atoms with van der Waals surface area (Å²) in [6, 6.07) is 9.81. The van der Waals surface area contributed by atoms with Gasteiger partial charge in [0.2, 0.25) is 0 Å². The molecule has 3 heterocycles. The van der Waals surface area contributed by atoms with E-state index in [0.29, 0.717) is 12.5 Å². The zero-order chi connectivity index (χ0) is 18.3. The first-order valence-electron chi connectivity index (χ1n) is 8.97. The molecular formula is C20H22N2O2S2. The summed E-state index contributed by atoms with van der Waals surface area (Å²) in [5, 5.41) is 1.54. The van der Waals surface area contributed by atoms with E-state index in [0.717, 1.165) is 43.7 Å². The van der Waals surface area contributed by atoms with Gasteiger partial charge in [-0.2, -0.15) is 0 Å². The molecule has 0 saturated carbocycles. The number of nitrogens with zero attached hydrogens (tertiary/aromatic N) is 2. The van der Waals surface area contributed by atoms with Crippen molar-refractivity contribution in [2.24, 2.45) is 5.92 Å². The molecule has 0 N–H and O–H groups in total. The molecule has 4 rings (SSSR count). The minimum absolute atomic E-state index is 0.0408. The third kappa shape index (κ3) is 3.00. The van der Waals surface area contributed by atoms with E-state index >= 15 is 0 Å². The number of hydrogen-bond acceptors (Lipinski definition) is 5. The molecule has 6 heteroatoms. The van der Waals surface area contributed by atoms with Crippen LogP contribution in [0.3, 0.4) is 0 Å². The molecule has 1 atom stereocenters. The third-order valence-electron chi connectivity index (χ3n) is 4.74. The van der Waals surface area contributed by atoms with Gasteiger partial charge in [0.1, 0.15) is 4.83 Å². The summed E-state index contributed by atoms with van der Waals surface area (Å²) in [6.07, 6.45) is 0.952. The fraction of sp³-hybridized carbons (Fsp3) is 0.400. The molecule has 3 aromatic rings. The highest BCUT2D eigenvalue weighted by molar-refractivity contribution is 7.99. The van der Waals surface area contributed by atoms with Crippen molar-refractivity contribution in [3.63, 3.8) is 0 Å². The van der Waals surface area contributed by atoms with Crippen LogP contribution in [0.2, 0.25) is 0 Å². The van der Waals surface area contributed by atoms with Crippen LogP contribution in [0, 0.1) is 5.92 Å². The van der Waals surface area contributed by atoms with Gasteiger partial charge in [-0.15, -0.1) is 11.3 Å². The lowest BCUT2D eigenvalue weighted by Gasteiger charge is -2.26. The molecule has 0 saturated heterocycles. The van der Waals surface area contributed by atoms with Crippen LogP contribution in [0.15, 0.2) is 40.3 Å². The molecule has 0 aliphatic carbocycles. The molecular weight excluding hydrogens is 364 g/mol. The first-order valence-corrected chi connectivity index (χ1v) is 10.8. The van der Waals surface area contributed by atoms with Crippen molar-refractivity contribution in [1.82, 2.24) is 9.55 Å². The Kier molecular flexibility index (Phi) is 4.90. The molecule has 26 heavy (non-hydrogen) atoms. The molecule has 1 aromatic carbocycles. The summed E-state index contributed by atoms with van der Waals surface area (Å²) < 4.78 is 7.76. The number of benzene rings is 1. The van der Waals surface area contributed by atoms with Gasteiger partial charge in [-0.25, -0.2) is 4.98 Å². The van der Waals surface area contributed by atoms with Gasteiger partial charge in [0.25, 0.3) is 5.56 Å². The number of para-hydroxylation sites is 1. The highest BCUT2D eigenvalue weighted by Gasteiger charge is 2.28. The van der Waals surface area contributed by atoms with Gasteiger partial charge >= 0.3 is 0 Å². The molecule has 1 aliphatic rings. The molecule has 1 unspecified atom stereocenters. The Morgan fingerprint density at radius 3 is 2.81 bits per heavy atom. The van der Waals surface area contributed by atoms with Gasteiger partial charge in [-0.05, 0) is 29.4 Å². The van der Waals surface area contributed by atoms with Gasteiger partial charge in [-0.1, -0.05) is 50.7 Å². The van der Waals surface area contributed by atoms with Crippen molar-refractivity contribution < 1.29 is 4.74 Å². The minimum Gasteiger partial charge on any atom is -0.372 e. The van der Waals surface area contributed by atoms with Crippen LogP contribution in [0.5, 0.6) is 0 Å². The number of fused-ring (bicyclic) bond motifs is 3. The second kappa shape index (κ2) is 7.18. The zero-order valence-corrected chi connectivity index (χ0v) is 16.8. The maximum atomic E-state index is 13.5. The number of thioether (sulfide) groups is 1. The van der Waals surface area contributed by atoms with Crippen molar-refractivity contribution in [3.05, 3.63) is 51.1 Å². The van der Waals surface area contributed by atoms with Gasteiger partial charge in [0, 0.05) is 11.3 Å². The Bertz CT molecular complexity index is 992. The summed E-state index contributed by atoms with van der Waals surface area (Å²) in [6.45, 7) is 7.00. The molecule has 0 spiro atoms. The monoisotopic (exact) mass is 386 g/mol. The predicted molar refractivity (Wildman–Crippen MR) is 109 cm³/mol. The summed E-state index contributed by atoms with van der Waals surface area (Å²) in [5.74, 6) is 1.30. The molecule has 136 valence electrons. The minimum atomic E-state index is 0.0408. The molecule has 2 aromatic heterocycles. The molecule has 0 bridgehead atoms. The number of rotatable bonds is 4. The van der Waals surface area contributed by atoms with Crippen LogP contribution in [0.4, 0.5) is 0 Å². The molecule has 4 nitrogen and oxygen atoms in total. The summed E-state index contributed by atoms with van der Waals surface area (Å²) in [4.78, 5) is 20.4. The number of thiophene rings is 1. The summed E-state index contributed by atoms with van der Waals surface area (Å²) >= 11 is 3.21. The SMILES string of the molecule is CCSc1nc2sc3c(c2c(=O)n1-c1ccccc1)CC(C(C)C)OC3. The van der Waals surface area contributed by atoms with E-state index in [2.05, 4.69) is 20.8 Å². The lowest BCUT2D eigenvalue weighted by molar-refractivity contribution is 0.00200. The highest BCUT2D eigenvalue weighted by atomic mass is 32.2. The van der Waals surface area contributed by atoms with E-state index in [1.807, 2.05) is 30.3 Å². The van der Waals surface area contributed by atoms with E-state index in [1.54, 1.807) is 27.7 Å². The van der Waals surface area contributed by atoms with Crippen molar-refractivity contribution >= 4 is 33.3 Å². The van der Waals surface area contributed by atoms with Crippen molar-refractivity contribution in [2.45, 2.75) is 45.1 Å². The summed E-state index contributed by atoms with van der Waals surface area (Å²) in [7, 11) is 0. The first-order chi connectivity index (χ1) is 12.6. The average molecular weight is 387 g/mol. The molecule has 0 amide bonds. The smallest absolute Gasteiger partial charge is 0.267 e.